The Labute approximate surface area is 113 Å². The largest absolute Gasteiger partial charge is 0.511 e. The SMILES string of the molecule is CCC/C(O)=C1/C(=O)CC(CC2CCCC2)OC1=O. The van der Waals surface area contributed by atoms with Gasteiger partial charge in [-0.2, -0.15) is 0 Å². The highest BCUT2D eigenvalue weighted by molar-refractivity contribution is 6.19. The number of esters is 1. The summed E-state index contributed by atoms with van der Waals surface area (Å²) in [6.07, 6.45) is 6.60. The van der Waals surface area contributed by atoms with Crippen LogP contribution in [0.4, 0.5) is 0 Å². The third-order valence-electron chi connectivity index (χ3n) is 4.02. The lowest BCUT2D eigenvalue weighted by atomic mass is 9.92. The molecule has 106 valence electrons. The van der Waals surface area contributed by atoms with Crippen LogP contribution in [0.3, 0.4) is 0 Å². The molecule has 4 nitrogen and oxygen atoms in total. The van der Waals surface area contributed by atoms with Crippen molar-refractivity contribution in [2.45, 2.75) is 64.4 Å². The number of rotatable bonds is 4. The molecular weight excluding hydrogens is 244 g/mol. The number of allylic oxidation sites excluding steroid dienone is 1. The molecule has 4 heteroatoms. The Morgan fingerprint density at radius 2 is 2.00 bits per heavy atom. The lowest BCUT2D eigenvalue weighted by molar-refractivity contribution is -0.152. The average molecular weight is 266 g/mol. The molecule has 19 heavy (non-hydrogen) atoms. The van der Waals surface area contributed by atoms with E-state index in [1.165, 1.54) is 25.7 Å². The highest BCUT2D eigenvalue weighted by Gasteiger charge is 2.35. The van der Waals surface area contributed by atoms with Gasteiger partial charge in [-0.3, -0.25) is 4.79 Å². The van der Waals surface area contributed by atoms with Gasteiger partial charge >= 0.3 is 5.97 Å². The number of carbonyl (C=O) groups excluding carboxylic acids is 2. The van der Waals surface area contributed by atoms with Crippen LogP contribution in [0.2, 0.25) is 0 Å². The van der Waals surface area contributed by atoms with Crippen LogP contribution in [-0.4, -0.2) is 23.0 Å². The molecule has 0 radical (unpaired) electrons. The van der Waals surface area contributed by atoms with Gasteiger partial charge < -0.3 is 9.84 Å². The first kappa shape index (κ1) is 14.1. The molecule has 2 aliphatic rings. The highest BCUT2D eigenvalue weighted by atomic mass is 16.5. The fraction of sp³-hybridized carbons (Fsp3) is 0.733. The first-order chi connectivity index (χ1) is 9.11. The number of ether oxygens (including phenoxy) is 1. The summed E-state index contributed by atoms with van der Waals surface area (Å²) in [6.45, 7) is 1.89. The highest BCUT2D eigenvalue weighted by Crippen LogP contribution is 2.32. The van der Waals surface area contributed by atoms with Gasteiger partial charge in [0.05, 0.1) is 0 Å². The predicted octanol–water partition coefficient (Wildman–Crippen LogP) is 3.06. The molecule has 0 aromatic carbocycles. The van der Waals surface area contributed by atoms with E-state index >= 15 is 0 Å². The molecule has 0 aromatic heterocycles. The van der Waals surface area contributed by atoms with Crippen LogP contribution in [0.1, 0.15) is 58.3 Å². The molecule has 1 saturated heterocycles. The van der Waals surface area contributed by atoms with E-state index in [1.807, 2.05) is 6.92 Å². The maximum atomic E-state index is 12.0. The molecule has 1 unspecified atom stereocenters. The third kappa shape index (κ3) is 3.37. The molecular formula is C15H22O4. The normalized spacial score (nSPS) is 27.5. The van der Waals surface area contributed by atoms with E-state index in [4.69, 9.17) is 4.74 Å². The Hall–Kier alpha value is -1.32. The van der Waals surface area contributed by atoms with E-state index in [0.29, 0.717) is 18.8 Å². The smallest absolute Gasteiger partial charge is 0.345 e. The standard InChI is InChI=1S/C15H22O4/c1-2-5-12(16)14-13(17)9-11(19-15(14)18)8-10-6-3-4-7-10/h10-11,16H,2-9H2,1H3/b14-12+. The van der Waals surface area contributed by atoms with E-state index in [0.717, 1.165) is 6.42 Å². The van der Waals surface area contributed by atoms with Gasteiger partial charge in [0, 0.05) is 12.8 Å². The summed E-state index contributed by atoms with van der Waals surface area (Å²) < 4.78 is 5.32. The minimum Gasteiger partial charge on any atom is -0.511 e. The zero-order valence-corrected chi connectivity index (χ0v) is 11.5. The zero-order valence-electron chi connectivity index (χ0n) is 11.5. The number of hydrogen-bond acceptors (Lipinski definition) is 4. The van der Waals surface area contributed by atoms with Crippen molar-refractivity contribution >= 4 is 11.8 Å². The van der Waals surface area contributed by atoms with Crippen molar-refractivity contribution < 1.29 is 19.4 Å². The Morgan fingerprint density at radius 3 is 2.58 bits per heavy atom. The Morgan fingerprint density at radius 1 is 1.32 bits per heavy atom. The Balaban J connectivity index is 1.99. The number of Topliss-reactive ketones (excluding diaryl/α,β-unsaturated/α-hetero) is 1. The fourth-order valence-corrected chi connectivity index (χ4v) is 3.06. The predicted molar refractivity (Wildman–Crippen MR) is 70.6 cm³/mol. The van der Waals surface area contributed by atoms with Crippen molar-refractivity contribution in [2.75, 3.05) is 0 Å². The first-order valence-electron chi connectivity index (χ1n) is 7.28. The molecule has 2 rings (SSSR count). The van der Waals surface area contributed by atoms with Crippen molar-refractivity contribution in [3.63, 3.8) is 0 Å². The van der Waals surface area contributed by atoms with Gasteiger partial charge in [-0.25, -0.2) is 4.79 Å². The third-order valence-corrected chi connectivity index (χ3v) is 4.02. The molecule has 2 fully saturated rings. The molecule has 0 amide bonds. The average Bonchev–Trinajstić information content (AvgIpc) is 2.81. The second-order valence-corrected chi connectivity index (χ2v) is 5.61. The summed E-state index contributed by atoms with van der Waals surface area (Å²) in [7, 11) is 0. The summed E-state index contributed by atoms with van der Waals surface area (Å²) in [5.41, 5.74) is -0.121. The topological polar surface area (TPSA) is 63.6 Å². The number of aliphatic hydroxyl groups excluding tert-OH is 1. The first-order valence-corrected chi connectivity index (χ1v) is 7.28. The molecule has 1 atom stereocenters. The number of cyclic esters (lactones) is 1. The lowest BCUT2D eigenvalue weighted by Crippen LogP contribution is -2.34. The summed E-state index contributed by atoms with van der Waals surface area (Å²) >= 11 is 0. The molecule has 1 aliphatic carbocycles. The quantitative estimate of drug-likeness (QED) is 0.367. The second kappa shape index (κ2) is 6.22. The van der Waals surface area contributed by atoms with Crippen LogP contribution in [0.25, 0.3) is 0 Å². The van der Waals surface area contributed by atoms with Crippen molar-refractivity contribution in [3.8, 4) is 0 Å². The Kier molecular flexibility index (Phi) is 4.61. The summed E-state index contributed by atoms with van der Waals surface area (Å²) in [5, 5.41) is 9.74. The lowest BCUT2D eigenvalue weighted by Gasteiger charge is -2.25. The number of hydrogen-bond donors (Lipinski definition) is 1. The molecule has 1 N–H and O–H groups in total. The fourth-order valence-electron chi connectivity index (χ4n) is 3.06. The van der Waals surface area contributed by atoms with Gasteiger partial charge in [0.25, 0.3) is 0 Å². The minimum absolute atomic E-state index is 0.114. The van der Waals surface area contributed by atoms with Gasteiger partial charge in [-0.1, -0.05) is 32.6 Å². The van der Waals surface area contributed by atoms with E-state index in [2.05, 4.69) is 0 Å². The van der Waals surface area contributed by atoms with Crippen molar-refractivity contribution in [2.24, 2.45) is 5.92 Å². The number of ketones is 1. The molecule has 1 saturated carbocycles. The molecule has 1 aliphatic heterocycles. The summed E-state index contributed by atoms with van der Waals surface area (Å²) in [6, 6.07) is 0. The number of aliphatic hydroxyl groups is 1. The number of carbonyl (C=O) groups is 2. The molecule has 0 spiro atoms. The van der Waals surface area contributed by atoms with Gasteiger partial charge in [0.15, 0.2) is 5.78 Å². The summed E-state index contributed by atoms with van der Waals surface area (Å²) in [5.74, 6) is -0.424. The summed E-state index contributed by atoms with van der Waals surface area (Å²) in [4.78, 5) is 23.8. The minimum atomic E-state index is -0.634. The second-order valence-electron chi connectivity index (χ2n) is 5.61. The molecule has 0 aromatic rings. The van der Waals surface area contributed by atoms with Gasteiger partial charge in [0.2, 0.25) is 0 Å². The maximum Gasteiger partial charge on any atom is 0.345 e. The van der Waals surface area contributed by atoms with Gasteiger partial charge in [-0.15, -0.1) is 0 Å². The van der Waals surface area contributed by atoms with Crippen molar-refractivity contribution in [3.05, 3.63) is 11.3 Å². The Bertz CT molecular complexity index is 371. The van der Waals surface area contributed by atoms with Crippen LogP contribution in [-0.2, 0) is 14.3 Å². The molecule has 0 bridgehead atoms. The molecule has 1 heterocycles. The van der Waals surface area contributed by atoms with Crippen molar-refractivity contribution in [1.82, 2.24) is 0 Å². The van der Waals surface area contributed by atoms with Crippen LogP contribution in [0.15, 0.2) is 11.3 Å². The van der Waals surface area contributed by atoms with E-state index in [9.17, 15) is 14.7 Å². The van der Waals surface area contributed by atoms with Crippen LogP contribution >= 0.6 is 0 Å². The van der Waals surface area contributed by atoms with Gasteiger partial charge in [0.1, 0.15) is 17.4 Å². The van der Waals surface area contributed by atoms with Crippen LogP contribution in [0.5, 0.6) is 0 Å². The van der Waals surface area contributed by atoms with E-state index in [-0.39, 0.29) is 29.6 Å². The zero-order chi connectivity index (χ0) is 13.8. The van der Waals surface area contributed by atoms with Crippen molar-refractivity contribution in [1.29, 1.82) is 0 Å². The van der Waals surface area contributed by atoms with Crippen LogP contribution < -0.4 is 0 Å². The van der Waals surface area contributed by atoms with Gasteiger partial charge in [-0.05, 0) is 18.8 Å². The van der Waals surface area contributed by atoms with Crippen LogP contribution in [0, 0.1) is 5.92 Å². The van der Waals surface area contributed by atoms with E-state index < -0.39 is 5.97 Å². The monoisotopic (exact) mass is 266 g/mol. The maximum absolute atomic E-state index is 12.0. The van der Waals surface area contributed by atoms with E-state index in [1.54, 1.807) is 0 Å².